The number of nitrogens with one attached hydrogen (secondary N) is 2. The number of carbonyl (C=O) groups is 1. The zero-order chi connectivity index (χ0) is 17.5. The Balaban J connectivity index is 1.94. The number of aryl methyl sites for hydroxylation is 2. The van der Waals surface area contributed by atoms with Crippen LogP contribution >= 0.6 is 0 Å². The van der Waals surface area contributed by atoms with Gasteiger partial charge < -0.3 is 20.1 Å². The van der Waals surface area contributed by atoms with Crippen LogP contribution in [0.3, 0.4) is 0 Å². The molecule has 2 aromatic carbocycles. The minimum absolute atomic E-state index is 0.245. The molecule has 0 aliphatic carbocycles. The van der Waals surface area contributed by atoms with Crippen LogP contribution in [0.2, 0.25) is 0 Å². The highest BCUT2D eigenvalue weighted by Gasteiger charge is 2.13. The van der Waals surface area contributed by atoms with Gasteiger partial charge in [0.2, 0.25) is 0 Å². The van der Waals surface area contributed by atoms with Gasteiger partial charge in [0.15, 0.2) is 0 Å². The van der Waals surface area contributed by atoms with Gasteiger partial charge in [-0.05, 0) is 54.8 Å². The first kappa shape index (κ1) is 17.8. The highest BCUT2D eigenvalue weighted by molar-refractivity contribution is 5.89. The molecule has 0 fully saturated rings. The fourth-order valence-electron chi connectivity index (χ4n) is 2.36. The van der Waals surface area contributed by atoms with E-state index in [9.17, 15) is 4.79 Å². The van der Waals surface area contributed by atoms with Crippen LogP contribution in [0.25, 0.3) is 0 Å². The summed E-state index contributed by atoms with van der Waals surface area (Å²) in [5.74, 6) is 0.758. The van der Waals surface area contributed by atoms with Crippen LogP contribution in [0.4, 0.5) is 10.5 Å². The van der Waals surface area contributed by atoms with Crippen LogP contribution in [0.5, 0.6) is 5.75 Å². The van der Waals surface area contributed by atoms with Gasteiger partial charge in [0.05, 0.1) is 13.2 Å². The maximum atomic E-state index is 12.1. The van der Waals surface area contributed by atoms with E-state index in [4.69, 9.17) is 9.47 Å². The minimum atomic E-state index is -0.261. The highest BCUT2D eigenvalue weighted by atomic mass is 16.5. The number of carbonyl (C=O) groups excluding carboxylic acids is 1. The average molecular weight is 328 g/mol. The molecule has 2 N–H and O–H groups in total. The van der Waals surface area contributed by atoms with E-state index in [2.05, 4.69) is 10.6 Å². The molecule has 0 aromatic heterocycles. The number of urea groups is 1. The monoisotopic (exact) mass is 328 g/mol. The lowest BCUT2D eigenvalue weighted by atomic mass is 10.1. The Bertz CT molecular complexity index is 701. The molecule has 2 amide bonds. The molecule has 0 spiro atoms. The maximum Gasteiger partial charge on any atom is 0.319 e. The van der Waals surface area contributed by atoms with Crippen molar-refractivity contribution >= 4 is 11.7 Å². The number of rotatable bonds is 6. The number of hydrogen-bond acceptors (Lipinski definition) is 3. The van der Waals surface area contributed by atoms with Gasteiger partial charge in [0.1, 0.15) is 5.75 Å². The number of amides is 2. The van der Waals surface area contributed by atoms with Gasteiger partial charge >= 0.3 is 6.03 Å². The first-order chi connectivity index (χ1) is 11.5. The van der Waals surface area contributed by atoms with Gasteiger partial charge in [0, 0.05) is 19.3 Å². The summed E-state index contributed by atoms with van der Waals surface area (Å²) in [5, 5.41) is 5.67. The fourth-order valence-corrected chi connectivity index (χ4v) is 2.36. The number of hydrogen-bond donors (Lipinski definition) is 2. The van der Waals surface area contributed by atoms with Crippen molar-refractivity contribution in [2.75, 3.05) is 26.1 Å². The zero-order valence-corrected chi connectivity index (χ0v) is 14.6. The third-order valence-electron chi connectivity index (χ3n) is 3.96. The normalized spacial score (nSPS) is 11.7. The number of methoxy groups -OCH3 is 2. The minimum Gasteiger partial charge on any atom is -0.497 e. The second-order valence-electron chi connectivity index (χ2n) is 5.64. The molecule has 1 unspecified atom stereocenters. The second-order valence-corrected chi connectivity index (χ2v) is 5.64. The van der Waals surface area contributed by atoms with Gasteiger partial charge in [-0.15, -0.1) is 0 Å². The van der Waals surface area contributed by atoms with Crippen LogP contribution in [-0.4, -0.2) is 26.8 Å². The Morgan fingerprint density at radius 3 is 2.54 bits per heavy atom. The number of ether oxygens (including phenoxy) is 2. The lowest BCUT2D eigenvalue weighted by Gasteiger charge is -2.17. The molecule has 2 rings (SSSR count). The van der Waals surface area contributed by atoms with Crippen LogP contribution in [0.15, 0.2) is 42.5 Å². The standard InChI is InChI=1S/C19H24N2O3/c1-13-8-9-16(10-14(13)2)21-19(22)20-12-18(24-4)15-6-5-7-17(11-15)23-3/h5-11,18H,12H2,1-4H3,(H2,20,21,22). The average Bonchev–Trinajstić information content (AvgIpc) is 2.59. The summed E-state index contributed by atoms with van der Waals surface area (Å²) >= 11 is 0. The van der Waals surface area contributed by atoms with E-state index >= 15 is 0 Å². The van der Waals surface area contributed by atoms with Crippen LogP contribution in [0, 0.1) is 13.8 Å². The van der Waals surface area contributed by atoms with E-state index in [1.54, 1.807) is 14.2 Å². The lowest BCUT2D eigenvalue weighted by Crippen LogP contribution is -2.33. The molecule has 0 radical (unpaired) electrons. The molecule has 0 aliphatic rings. The largest absolute Gasteiger partial charge is 0.497 e. The van der Waals surface area contributed by atoms with Gasteiger partial charge in [-0.25, -0.2) is 4.79 Å². The molecule has 0 bridgehead atoms. The van der Waals surface area contributed by atoms with E-state index in [1.807, 2.05) is 56.3 Å². The molecule has 0 saturated carbocycles. The first-order valence-electron chi connectivity index (χ1n) is 7.82. The SMILES string of the molecule is COc1cccc(C(CNC(=O)Nc2ccc(C)c(C)c2)OC)c1. The van der Waals surface area contributed by atoms with Crippen molar-refractivity contribution in [1.82, 2.24) is 5.32 Å². The van der Waals surface area contributed by atoms with Crippen molar-refractivity contribution in [3.63, 3.8) is 0 Å². The molecule has 5 nitrogen and oxygen atoms in total. The topological polar surface area (TPSA) is 59.6 Å². The molecule has 0 aliphatic heterocycles. The Kier molecular flexibility index (Phi) is 6.21. The van der Waals surface area contributed by atoms with Gasteiger partial charge in [-0.1, -0.05) is 18.2 Å². The van der Waals surface area contributed by atoms with Crippen molar-refractivity contribution in [2.24, 2.45) is 0 Å². The smallest absolute Gasteiger partial charge is 0.319 e. The fraction of sp³-hybridized carbons (Fsp3) is 0.316. The van der Waals surface area contributed by atoms with Crippen molar-refractivity contribution in [1.29, 1.82) is 0 Å². The van der Waals surface area contributed by atoms with Crippen LogP contribution in [-0.2, 0) is 4.74 Å². The first-order valence-corrected chi connectivity index (χ1v) is 7.82. The molecule has 0 heterocycles. The highest BCUT2D eigenvalue weighted by Crippen LogP contribution is 2.21. The summed E-state index contributed by atoms with van der Waals surface area (Å²) in [4.78, 5) is 12.1. The van der Waals surface area contributed by atoms with Crippen molar-refractivity contribution < 1.29 is 14.3 Å². The molecule has 5 heteroatoms. The van der Waals surface area contributed by atoms with E-state index in [0.29, 0.717) is 6.54 Å². The van der Waals surface area contributed by atoms with Crippen molar-refractivity contribution in [2.45, 2.75) is 20.0 Å². The predicted octanol–water partition coefficient (Wildman–Crippen LogP) is 3.82. The zero-order valence-electron chi connectivity index (χ0n) is 14.6. The third-order valence-corrected chi connectivity index (χ3v) is 3.96. The van der Waals surface area contributed by atoms with Crippen molar-refractivity contribution in [3.05, 3.63) is 59.2 Å². The Morgan fingerprint density at radius 1 is 1.08 bits per heavy atom. The summed E-state index contributed by atoms with van der Waals surface area (Å²) in [6, 6.07) is 13.2. The number of benzene rings is 2. The summed E-state index contributed by atoms with van der Waals surface area (Å²) in [5.41, 5.74) is 4.05. The third kappa shape index (κ3) is 4.73. The quantitative estimate of drug-likeness (QED) is 0.847. The lowest BCUT2D eigenvalue weighted by molar-refractivity contribution is 0.104. The second kappa shape index (κ2) is 8.36. The molecule has 128 valence electrons. The Morgan fingerprint density at radius 2 is 1.88 bits per heavy atom. The Labute approximate surface area is 143 Å². The molecular formula is C19H24N2O3. The van der Waals surface area contributed by atoms with E-state index in [0.717, 1.165) is 22.6 Å². The number of anilines is 1. The van der Waals surface area contributed by atoms with Crippen LogP contribution < -0.4 is 15.4 Å². The summed E-state index contributed by atoms with van der Waals surface area (Å²) in [6.45, 7) is 4.42. The molecular weight excluding hydrogens is 304 g/mol. The summed E-state index contributed by atoms with van der Waals surface area (Å²) in [6.07, 6.45) is -0.245. The summed E-state index contributed by atoms with van der Waals surface area (Å²) in [7, 11) is 3.24. The molecule has 0 saturated heterocycles. The van der Waals surface area contributed by atoms with E-state index in [-0.39, 0.29) is 12.1 Å². The van der Waals surface area contributed by atoms with E-state index < -0.39 is 0 Å². The van der Waals surface area contributed by atoms with Crippen molar-refractivity contribution in [3.8, 4) is 5.75 Å². The van der Waals surface area contributed by atoms with Gasteiger partial charge in [0.25, 0.3) is 0 Å². The Hall–Kier alpha value is -2.53. The van der Waals surface area contributed by atoms with Gasteiger partial charge in [-0.2, -0.15) is 0 Å². The predicted molar refractivity (Wildman–Crippen MR) is 95.7 cm³/mol. The van der Waals surface area contributed by atoms with E-state index in [1.165, 1.54) is 5.56 Å². The maximum absolute atomic E-state index is 12.1. The molecule has 24 heavy (non-hydrogen) atoms. The molecule has 1 atom stereocenters. The molecule has 2 aromatic rings. The van der Waals surface area contributed by atoms with Gasteiger partial charge in [-0.3, -0.25) is 0 Å². The van der Waals surface area contributed by atoms with Crippen LogP contribution in [0.1, 0.15) is 22.8 Å². The summed E-state index contributed by atoms with van der Waals surface area (Å²) < 4.78 is 10.7.